The lowest BCUT2D eigenvalue weighted by Crippen LogP contribution is -2.30. The highest BCUT2D eigenvalue weighted by Crippen LogP contribution is 2.22. The van der Waals surface area contributed by atoms with E-state index in [9.17, 15) is 10.1 Å². The number of carbonyl (C=O) groups is 1. The molecule has 0 saturated heterocycles. The molecule has 29 heavy (non-hydrogen) atoms. The van der Waals surface area contributed by atoms with E-state index in [2.05, 4.69) is 26.6 Å². The molecule has 1 amide bonds. The summed E-state index contributed by atoms with van der Waals surface area (Å²) >= 11 is 3.49. The number of hydrogen-bond donors (Lipinski definition) is 2. The van der Waals surface area contributed by atoms with Gasteiger partial charge in [-0.1, -0.05) is 94.8 Å². The summed E-state index contributed by atoms with van der Waals surface area (Å²) in [6.07, 6.45) is 1.46. The fourth-order valence-corrected chi connectivity index (χ4v) is 3.34. The quantitative estimate of drug-likeness (QED) is 0.403. The van der Waals surface area contributed by atoms with Gasteiger partial charge in [-0.2, -0.15) is 5.26 Å². The van der Waals surface area contributed by atoms with E-state index in [1.165, 1.54) is 6.20 Å². The standard InChI is InChI=1S/C24H20BrN3O/c25-22-14-8-7-13-20(22)16-27-17-21(15-26)24(29)28-23(18-9-3-1-4-10-18)19-11-5-2-6-12-19/h1-14,17,23,27H,16H2,(H,28,29)/b21-17-. The highest BCUT2D eigenvalue weighted by atomic mass is 79.9. The third kappa shape index (κ3) is 5.56. The number of carbonyl (C=O) groups excluding carboxylic acids is 1. The molecule has 0 aliphatic heterocycles. The smallest absolute Gasteiger partial charge is 0.264 e. The Morgan fingerprint density at radius 1 is 0.931 bits per heavy atom. The number of halogens is 1. The molecule has 0 radical (unpaired) electrons. The Morgan fingerprint density at radius 3 is 2.03 bits per heavy atom. The maximum absolute atomic E-state index is 12.8. The van der Waals surface area contributed by atoms with E-state index in [4.69, 9.17) is 0 Å². The van der Waals surface area contributed by atoms with E-state index in [0.29, 0.717) is 6.54 Å². The van der Waals surface area contributed by atoms with Crippen LogP contribution in [0.4, 0.5) is 0 Å². The maximum atomic E-state index is 12.8. The van der Waals surface area contributed by atoms with Crippen molar-refractivity contribution < 1.29 is 4.79 Å². The number of nitrogens with one attached hydrogen (secondary N) is 2. The molecule has 0 aliphatic carbocycles. The van der Waals surface area contributed by atoms with Crippen LogP contribution in [0, 0.1) is 11.3 Å². The van der Waals surface area contributed by atoms with Gasteiger partial charge in [0.25, 0.3) is 5.91 Å². The van der Waals surface area contributed by atoms with Crippen molar-refractivity contribution in [3.8, 4) is 6.07 Å². The average Bonchev–Trinajstić information content (AvgIpc) is 2.77. The molecule has 0 heterocycles. The van der Waals surface area contributed by atoms with Crippen LogP contribution in [0.5, 0.6) is 0 Å². The molecule has 0 spiro atoms. The van der Waals surface area contributed by atoms with Crippen molar-refractivity contribution in [2.45, 2.75) is 12.6 Å². The van der Waals surface area contributed by atoms with Crippen molar-refractivity contribution in [3.05, 3.63) is 118 Å². The van der Waals surface area contributed by atoms with E-state index in [1.807, 2.05) is 91.0 Å². The molecule has 3 aromatic carbocycles. The van der Waals surface area contributed by atoms with Gasteiger partial charge in [-0.05, 0) is 22.8 Å². The first kappa shape index (κ1) is 20.4. The second-order valence-electron chi connectivity index (χ2n) is 6.37. The topological polar surface area (TPSA) is 64.9 Å². The molecule has 3 rings (SSSR count). The Hall–Kier alpha value is -3.36. The Morgan fingerprint density at radius 2 is 1.48 bits per heavy atom. The van der Waals surface area contributed by atoms with E-state index in [-0.39, 0.29) is 11.6 Å². The molecule has 0 aliphatic rings. The molecule has 2 N–H and O–H groups in total. The van der Waals surface area contributed by atoms with Crippen LogP contribution in [-0.4, -0.2) is 5.91 Å². The average molecular weight is 446 g/mol. The molecule has 0 bridgehead atoms. The van der Waals surface area contributed by atoms with Crippen LogP contribution >= 0.6 is 15.9 Å². The zero-order valence-electron chi connectivity index (χ0n) is 15.7. The molecule has 0 unspecified atom stereocenters. The molecule has 3 aromatic rings. The van der Waals surface area contributed by atoms with Crippen molar-refractivity contribution in [3.63, 3.8) is 0 Å². The number of benzene rings is 3. The number of nitrogens with zero attached hydrogens (tertiary/aromatic N) is 1. The largest absolute Gasteiger partial charge is 0.386 e. The summed E-state index contributed by atoms with van der Waals surface area (Å²) in [5, 5.41) is 15.5. The lowest BCUT2D eigenvalue weighted by molar-refractivity contribution is -0.117. The lowest BCUT2D eigenvalue weighted by atomic mass is 9.98. The Bertz CT molecular complexity index is 987. The van der Waals surface area contributed by atoms with Crippen LogP contribution < -0.4 is 10.6 Å². The second kappa shape index (κ2) is 10.3. The Kier molecular flexibility index (Phi) is 7.21. The van der Waals surface area contributed by atoms with Crippen molar-refractivity contribution in [1.82, 2.24) is 10.6 Å². The van der Waals surface area contributed by atoms with Gasteiger partial charge in [-0.15, -0.1) is 0 Å². The van der Waals surface area contributed by atoms with Crippen molar-refractivity contribution in [1.29, 1.82) is 5.26 Å². The lowest BCUT2D eigenvalue weighted by Gasteiger charge is -2.19. The number of hydrogen-bond acceptors (Lipinski definition) is 3. The predicted molar refractivity (Wildman–Crippen MR) is 118 cm³/mol. The van der Waals surface area contributed by atoms with Gasteiger partial charge in [0.05, 0.1) is 6.04 Å². The summed E-state index contributed by atoms with van der Waals surface area (Å²) < 4.78 is 0.970. The molecule has 0 aromatic heterocycles. The van der Waals surface area contributed by atoms with Crippen LogP contribution in [0.2, 0.25) is 0 Å². The molecule has 0 atom stereocenters. The molecule has 4 nitrogen and oxygen atoms in total. The van der Waals surface area contributed by atoms with Gasteiger partial charge < -0.3 is 10.6 Å². The minimum Gasteiger partial charge on any atom is -0.386 e. The van der Waals surface area contributed by atoms with Gasteiger partial charge >= 0.3 is 0 Å². The molecule has 0 fully saturated rings. The van der Waals surface area contributed by atoms with Gasteiger partial charge in [-0.3, -0.25) is 4.79 Å². The van der Waals surface area contributed by atoms with E-state index in [1.54, 1.807) is 0 Å². The summed E-state index contributed by atoms with van der Waals surface area (Å²) in [6.45, 7) is 0.501. The minimum absolute atomic E-state index is 0.0221. The summed E-state index contributed by atoms with van der Waals surface area (Å²) in [5.41, 5.74) is 2.96. The van der Waals surface area contributed by atoms with Gasteiger partial charge in [0.2, 0.25) is 0 Å². The Labute approximate surface area is 179 Å². The third-order valence-electron chi connectivity index (χ3n) is 4.40. The van der Waals surface area contributed by atoms with Gasteiger partial charge in [0.1, 0.15) is 11.6 Å². The third-order valence-corrected chi connectivity index (χ3v) is 5.18. The zero-order valence-corrected chi connectivity index (χ0v) is 17.3. The van der Waals surface area contributed by atoms with Gasteiger partial charge in [0, 0.05) is 17.2 Å². The molecule has 5 heteroatoms. The van der Waals surface area contributed by atoms with Gasteiger partial charge in [-0.25, -0.2) is 0 Å². The first-order valence-electron chi connectivity index (χ1n) is 9.17. The molecular formula is C24H20BrN3O. The second-order valence-corrected chi connectivity index (χ2v) is 7.22. The Balaban J connectivity index is 1.75. The van der Waals surface area contributed by atoms with E-state index >= 15 is 0 Å². The van der Waals surface area contributed by atoms with Crippen LogP contribution in [-0.2, 0) is 11.3 Å². The summed E-state index contributed by atoms with van der Waals surface area (Å²) in [4.78, 5) is 12.8. The number of amides is 1. The minimum atomic E-state index is -0.426. The fourth-order valence-electron chi connectivity index (χ4n) is 2.91. The first-order valence-corrected chi connectivity index (χ1v) is 9.96. The summed E-state index contributed by atoms with van der Waals surface area (Å²) in [6, 6.07) is 28.8. The summed E-state index contributed by atoms with van der Waals surface area (Å²) in [5.74, 6) is -0.426. The predicted octanol–water partition coefficient (Wildman–Crippen LogP) is 4.85. The first-order chi connectivity index (χ1) is 14.2. The van der Waals surface area contributed by atoms with Crippen molar-refractivity contribution in [2.75, 3.05) is 0 Å². The summed E-state index contributed by atoms with van der Waals surface area (Å²) in [7, 11) is 0. The number of nitriles is 1. The SMILES string of the molecule is N#C/C(=C/NCc1ccccc1Br)C(=O)NC(c1ccccc1)c1ccccc1. The van der Waals surface area contributed by atoms with E-state index in [0.717, 1.165) is 21.2 Å². The van der Waals surface area contributed by atoms with Crippen LogP contribution in [0.3, 0.4) is 0 Å². The number of rotatable bonds is 7. The van der Waals surface area contributed by atoms with Crippen molar-refractivity contribution >= 4 is 21.8 Å². The monoisotopic (exact) mass is 445 g/mol. The fraction of sp³-hybridized carbons (Fsp3) is 0.0833. The highest BCUT2D eigenvalue weighted by molar-refractivity contribution is 9.10. The molecule has 144 valence electrons. The maximum Gasteiger partial charge on any atom is 0.264 e. The van der Waals surface area contributed by atoms with Crippen molar-refractivity contribution in [2.24, 2.45) is 0 Å². The normalized spacial score (nSPS) is 11.0. The zero-order chi connectivity index (χ0) is 20.5. The van der Waals surface area contributed by atoms with Crippen LogP contribution in [0.15, 0.2) is 101 Å². The van der Waals surface area contributed by atoms with Crippen LogP contribution in [0.1, 0.15) is 22.7 Å². The van der Waals surface area contributed by atoms with Crippen LogP contribution in [0.25, 0.3) is 0 Å². The van der Waals surface area contributed by atoms with E-state index < -0.39 is 5.91 Å². The molecular weight excluding hydrogens is 426 g/mol. The van der Waals surface area contributed by atoms with Gasteiger partial charge in [0.15, 0.2) is 0 Å². The highest BCUT2D eigenvalue weighted by Gasteiger charge is 2.19. The molecule has 0 saturated carbocycles.